The molecule has 0 amide bonds. The van der Waals surface area contributed by atoms with Gasteiger partial charge in [-0.15, -0.1) is 0 Å². The van der Waals surface area contributed by atoms with Crippen molar-refractivity contribution >= 4 is 17.6 Å². The smallest absolute Gasteiger partial charge is 0.274 e. The minimum absolute atomic E-state index is 0.0570. The molecule has 0 spiro atoms. The lowest BCUT2D eigenvalue weighted by Gasteiger charge is -2.02. The molecule has 2 aromatic carbocycles. The first-order chi connectivity index (χ1) is 9.50. The molecule has 0 atom stereocenters. The van der Waals surface area contributed by atoms with Gasteiger partial charge < -0.3 is 5.11 Å². The third-order valence-corrected chi connectivity index (χ3v) is 2.84. The van der Waals surface area contributed by atoms with E-state index in [0.29, 0.717) is 11.3 Å². The van der Waals surface area contributed by atoms with Gasteiger partial charge in [-0.25, -0.2) is 4.39 Å². The van der Waals surface area contributed by atoms with E-state index < -0.39 is 10.7 Å². The quantitative estimate of drug-likeness (QED) is 0.528. The van der Waals surface area contributed by atoms with Crippen molar-refractivity contribution in [3.63, 3.8) is 0 Å². The van der Waals surface area contributed by atoms with Crippen molar-refractivity contribution in [2.45, 2.75) is 6.92 Å². The fraction of sp³-hybridized carbons (Fsp3) is 0.0714. The number of phenols is 1. The summed E-state index contributed by atoms with van der Waals surface area (Å²) in [6.07, 6.45) is 1.15. The highest BCUT2D eigenvalue weighted by Crippen LogP contribution is 2.28. The second kappa shape index (κ2) is 5.48. The number of aromatic hydroxyl groups is 1. The summed E-state index contributed by atoms with van der Waals surface area (Å²) < 4.78 is 13.5. The summed E-state index contributed by atoms with van der Waals surface area (Å²) >= 11 is 0. The van der Waals surface area contributed by atoms with E-state index >= 15 is 0 Å². The minimum Gasteiger partial charge on any atom is -0.507 e. The van der Waals surface area contributed by atoms with E-state index in [1.54, 1.807) is 13.0 Å². The van der Waals surface area contributed by atoms with Crippen LogP contribution in [0.3, 0.4) is 0 Å². The molecule has 20 heavy (non-hydrogen) atoms. The average Bonchev–Trinajstić information content (AvgIpc) is 2.39. The Morgan fingerprint density at radius 1 is 1.30 bits per heavy atom. The Bertz CT molecular complexity index is 679. The van der Waals surface area contributed by atoms with Crippen LogP contribution in [0.25, 0.3) is 0 Å². The van der Waals surface area contributed by atoms with Crippen molar-refractivity contribution in [1.82, 2.24) is 0 Å². The lowest BCUT2D eigenvalue weighted by atomic mass is 10.1. The molecule has 102 valence electrons. The normalized spacial score (nSPS) is 10.9. The number of halogens is 1. The molecular weight excluding hydrogens is 263 g/mol. The largest absolute Gasteiger partial charge is 0.507 e. The van der Waals surface area contributed by atoms with Gasteiger partial charge in [0, 0.05) is 12.3 Å². The molecule has 0 aliphatic rings. The third kappa shape index (κ3) is 2.64. The number of aliphatic imine (C=N–C) groups is 1. The molecule has 1 N–H and O–H groups in total. The molecule has 0 aliphatic carbocycles. The summed E-state index contributed by atoms with van der Waals surface area (Å²) in [5.74, 6) is -0.853. The zero-order chi connectivity index (χ0) is 14.7. The number of phenolic OH excluding ortho intramolecular Hbond substituents is 1. The molecule has 2 aromatic rings. The Hall–Kier alpha value is -2.76. The summed E-state index contributed by atoms with van der Waals surface area (Å²) in [7, 11) is 0. The van der Waals surface area contributed by atoms with Crippen LogP contribution in [0.2, 0.25) is 0 Å². The first kappa shape index (κ1) is 13.7. The average molecular weight is 274 g/mol. The van der Waals surface area contributed by atoms with Crippen LogP contribution in [0.4, 0.5) is 15.8 Å². The van der Waals surface area contributed by atoms with Crippen molar-refractivity contribution in [2.24, 2.45) is 4.99 Å². The minimum atomic E-state index is -0.614. The number of rotatable bonds is 3. The first-order valence-electron chi connectivity index (χ1n) is 5.76. The number of nitrogens with zero attached hydrogens (tertiary/aromatic N) is 2. The monoisotopic (exact) mass is 274 g/mol. The van der Waals surface area contributed by atoms with Crippen LogP contribution in [-0.2, 0) is 0 Å². The standard InChI is InChI=1S/C14H11FN2O3/c1-9-12(5-3-6-13(9)17(19)20)16-8-10-11(15)4-2-7-14(10)18/h2-8,18H,1H3. The molecule has 0 saturated carbocycles. The maximum absolute atomic E-state index is 13.5. The molecule has 6 heteroatoms. The predicted molar refractivity (Wildman–Crippen MR) is 73.2 cm³/mol. The number of benzene rings is 2. The van der Waals surface area contributed by atoms with Gasteiger partial charge >= 0.3 is 0 Å². The van der Waals surface area contributed by atoms with Gasteiger partial charge in [-0.1, -0.05) is 12.1 Å². The van der Waals surface area contributed by atoms with Gasteiger partial charge in [0.1, 0.15) is 11.6 Å². The summed E-state index contributed by atoms with van der Waals surface area (Å²) in [6, 6.07) is 8.36. The lowest BCUT2D eigenvalue weighted by Crippen LogP contribution is -1.92. The predicted octanol–water partition coefficient (Wildman–Crippen LogP) is 3.50. The second-order valence-electron chi connectivity index (χ2n) is 4.11. The van der Waals surface area contributed by atoms with Gasteiger partial charge in [-0.3, -0.25) is 15.1 Å². The summed E-state index contributed by atoms with van der Waals surface area (Å²) in [5, 5.41) is 20.4. The van der Waals surface area contributed by atoms with E-state index in [4.69, 9.17) is 0 Å². The molecule has 0 radical (unpaired) electrons. The zero-order valence-corrected chi connectivity index (χ0v) is 10.6. The van der Waals surface area contributed by atoms with E-state index in [1.165, 1.54) is 30.3 Å². The molecular formula is C14H11FN2O3. The Morgan fingerprint density at radius 2 is 2.00 bits per heavy atom. The van der Waals surface area contributed by atoms with Gasteiger partial charge in [0.2, 0.25) is 0 Å². The van der Waals surface area contributed by atoms with Crippen molar-refractivity contribution in [2.75, 3.05) is 0 Å². The van der Waals surface area contributed by atoms with E-state index in [1.807, 2.05) is 0 Å². The summed E-state index contributed by atoms with van der Waals surface area (Å²) in [6.45, 7) is 1.56. The van der Waals surface area contributed by atoms with Gasteiger partial charge in [0.15, 0.2) is 0 Å². The van der Waals surface area contributed by atoms with Crippen molar-refractivity contribution in [3.05, 3.63) is 63.5 Å². The zero-order valence-electron chi connectivity index (χ0n) is 10.6. The number of hydrogen-bond donors (Lipinski definition) is 1. The Labute approximate surface area is 114 Å². The molecule has 5 nitrogen and oxygen atoms in total. The topological polar surface area (TPSA) is 75.7 Å². The highest BCUT2D eigenvalue weighted by Gasteiger charge is 2.12. The third-order valence-electron chi connectivity index (χ3n) is 2.84. The first-order valence-corrected chi connectivity index (χ1v) is 5.76. The fourth-order valence-electron chi connectivity index (χ4n) is 1.74. The van der Waals surface area contributed by atoms with Crippen LogP contribution in [0.15, 0.2) is 41.4 Å². The maximum atomic E-state index is 13.5. The van der Waals surface area contributed by atoms with Crippen LogP contribution in [0, 0.1) is 22.9 Å². The summed E-state index contributed by atoms with van der Waals surface area (Å²) in [5.41, 5.74) is 0.613. The van der Waals surface area contributed by atoms with E-state index in [9.17, 15) is 19.6 Å². The van der Waals surface area contributed by atoms with Gasteiger partial charge in [0.05, 0.1) is 21.7 Å². The number of nitro groups is 1. The Morgan fingerprint density at radius 3 is 2.65 bits per heavy atom. The van der Waals surface area contributed by atoms with E-state index in [0.717, 1.165) is 6.21 Å². The highest BCUT2D eigenvalue weighted by molar-refractivity contribution is 5.86. The highest BCUT2D eigenvalue weighted by atomic mass is 19.1. The molecule has 0 aromatic heterocycles. The molecule has 0 aliphatic heterocycles. The Kier molecular flexibility index (Phi) is 3.74. The van der Waals surface area contributed by atoms with Crippen LogP contribution < -0.4 is 0 Å². The second-order valence-corrected chi connectivity index (χ2v) is 4.11. The lowest BCUT2D eigenvalue weighted by molar-refractivity contribution is -0.385. The van der Waals surface area contributed by atoms with Crippen molar-refractivity contribution < 1.29 is 14.4 Å². The van der Waals surface area contributed by atoms with Crippen molar-refractivity contribution in [1.29, 1.82) is 0 Å². The van der Waals surface area contributed by atoms with E-state index in [2.05, 4.69) is 4.99 Å². The SMILES string of the molecule is Cc1c(N=Cc2c(O)cccc2F)cccc1[N+](=O)[O-]. The van der Waals surface area contributed by atoms with Gasteiger partial charge in [-0.05, 0) is 25.1 Å². The molecule has 0 heterocycles. The van der Waals surface area contributed by atoms with Gasteiger partial charge in [-0.2, -0.15) is 0 Å². The van der Waals surface area contributed by atoms with E-state index in [-0.39, 0.29) is 17.0 Å². The molecule has 0 bridgehead atoms. The maximum Gasteiger partial charge on any atom is 0.274 e. The van der Waals surface area contributed by atoms with Gasteiger partial charge in [0.25, 0.3) is 5.69 Å². The fourth-order valence-corrected chi connectivity index (χ4v) is 1.74. The van der Waals surface area contributed by atoms with Crippen LogP contribution in [0.1, 0.15) is 11.1 Å². The van der Waals surface area contributed by atoms with Crippen LogP contribution in [-0.4, -0.2) is 16.2 Å². The van der Waals surface area contributed by atoms with Crippen LogP contribution in [0.5, 0.6) is 5.75 Å². The Balaban J connectivity index is 2.42. The number of nitro benzene ring substituents is 1. The summed E-state index contributed by atoms with van der Waals surface area (Å²) in [4.78, 5) is 14.3. The molecule has 2 rings (SSSR count). The molecule has 0 fully saturated rings. The van der Waals surface area contributed by atoms with Crippen LogP contribution >= 0.6 is 0 Å². The van der Waals surface area contributed by atoms with Crippen molar-refractivity contribution in [3.8, 4) is 5.75 Å². The number of hydrogen-bond acceptors (Lipinski definition) is 4. The molecule has 0 saturated heterocycles. The molecule has 0 unspecified atom stereocenters.